The first-order valence-electron chi connectivity index (χ1n) is 8.53. The highest BCUT2D eigenvalue weighted by atomic mass is 16.5. The molecular formula is C21H21NO5. The first-order valence-corrected chi connectivity index (χ1v) is 8.53. The van der Waals surface area contributed by atoms with Gasteiger partial charge in [0.2, 0.25) is 0 Å². The van der Waals surface area contributed by atoms with Gasteiger partial charge in [-0.25, -0.2) is 0 Å². The molecule has 0 aromatic heterocycles. The second-order valence-corrected chi connectivity index (χ2v) is 6.02. The van der Waals surface area contributed by atoms with Crippen molar-refractivity contribution < 1.29 is 23.8 Å². The summed E-state index contributed by atoms with van der Waals surface area (Å²) in [5.74, 6) is 1.64. The molecular weight excluding hydrogens is 346 g/mol. The first-order chi connectivity index (χ1) is 13.0. The zero-order chi connectivity index (χ0) is 19.4. The number of Topliss-reactive ketones (excluding diaryl/α,β-unsaturated/α-hetero) is 1. The standard InChI is InChI=1S/C21H21NO5/c1-14(23)15-4-7-20-18(13-15)22(10-11-27-20)21(24)9-5-16-12-17(25-2)6-8-19(16)26-3/h4-9,12-13H,10-11H2,1-3H3/b9-5+. The number of ether oxygens (including phenoxy) is 3. The number of hydrogen-bond donors (Lipinski definition) is 0. The van der Waals surface area contributed by atoms with E-state index in [0.29, 0.717) is 41.7 Å². The molecule has 1 aliphatic rings. The molecule has 0 atom stereocenters. The number of fused-ring (bicyclic) bond motifs is 1. The predicted octanol–water partition coefficient (Wildman–Crippen LogP) is 3.35. The summed E-state index contributed by atoms with van der Waals surface area (Å²) in [4.78, 5) is 26.1. The largest absolute Gasteiger partial charge is 0.497 e. The van der Waals surface area contributed by atoms with E-state index < -0.39 is 0 Å². The van der Waals surface area contributed by atoms with Crippen molar-refractivity contribution in [1.82, 2.24) is 0 Å². The van der Waals surface area contributed by atoms with E-state index in [1.54, 1.807) is 61.6 Å². The average molecular weight is 367 g/mol. The number of anilines is 1. The second kappa shape index (κ2) is 7.95. The van der Waals surface area contributed by atoms with Crippen LogP contribution in [0.5, 0.6) is 17.2 Å². The highest BCUT2D eigenvalue weighted by Crippen LogP contribution is 2.33. The van der Waals surface area contributed by atoms with Crippen LogP contribution in [0.1, 0.15) is 22.8 Å². The summed E-state index contributed by atoms with van der Waals surface area (Å²) in [6.07, 6.45) is 3.17. The maximum Gasteiger partial charge on any atom is 0.251 e. The van der Waals surface area contributed by atoms with Crippen LogP contribution >= 0.6 is 0 Å². The lowest BCUT2D eigenvalue weighted by Crippen LogP contribution is -2.37. The van der Waals surface area contributed by atoms with Crippen molar-refractivity contribution in [2.24, 2.45) is 0 Å². The molecule has 6 nitrogen and oxygen atoms in total. The summed E-state index contributed by atoms with van der Waals surface area (Å²) in [6.45, 7) is 2.30. The Balaban J connectivity index is 1.89. The number of carbonyl (C=O) groups is 2. The van der Waals surface area contributed by atoms with Crippen molar-refractivity contribution in [1.29, 1.82) is 0 Å². The fourth-order valence-corrected chi connectivity index (χ4v) is 2.89. The molecule has 2 aromatic carbocycles. The van der Waals surface area contributed by atoms with Crippen molar-refractivity contribution in [2.45, 2.75) is 6.92 Å². The lowest BCUT2D eigenvalue weighted by Gasteiger charge is -2.29. The Morgan fingerprint density at radius 3 is 2.63 bits per heavy atom. The van der Waals surface area contributed by atoms with E-state index >= 15 is 0 Å². The Morgan fingerprint density at radius 1 is 1.11 bits per heavy atom. The number of rotatable bonds is 5. The molecule has 0 saturated carbocycles. The fourth-order valence-electron chi connectivity index (χ4n) is 2.89. The topological polar surface area (TPSA) is 65.1 Å². The van der Waals surface area contributed by atoms with Gasteiger partial charge in [-0.3, -0.25) is 9.59 Å². The molecule has 1 amide bonds. The van der Waals surface area contributed by atoms with E-state index in [0.717, 1.165) is 5.56 Å². The number of methoxy groups -OCH3 is 2. The molecule has 27 heavy (non-hydrogen) atoms. The van der Waals surface area contributed by atoms with Crippen LogP contribution in [-0.4, -0.2) is 39.1 Å². The van der Waals surface area contributed by atoms with Crippen LogP contribution in [0.15, 0.2) is 42.5 Å². The number of carbonyl (C=O) groups excluding carboxylic acids is 2. The third-order valence-corrected chi connectivity index (χ3v) is 4.34. The monoisotopic (exact) mass is 367 g/mol. The molecule has 3 rings (SSSR count). The van der Waals surface area contributed by atoms with Gasteiger partial charge in [-0.1, -0.05) is 0 Å². The maximum absolute atomic E-state index is 12.8. The summed E-state index contributed by atoms with van der Waals surface area (Å²) in [5, 5.41) is 0. The van der Waals surface area contributed by atoms with E-state index in [9.17, 15) is 9.59 Å². The van der Waals surface area contributed by atoms with Gasteiger partial charge in [0.15, 0.2) is 5.78 Å². The maximum atomic E-state index is 12.8. The quantitative estimate of drug-likeness (QED) is 0.599. The van der Waals surface area contributed by atoms with Crippen LogP contribution in [0.4, 0.5) is 5.69 Å². The zero-order valence-electron chi connectivity index (χ0n) is 15.5. The highest BCUT2D eigenvalue weighted by Gasteiger charge is 2.23. The molecule has 2 aromatic rings. The van der Waals surface area contributed by atoms with E-state index in [-0.39, 0.29) is 11.7 Å². The van der Waals surface area contributed by atoms with Crippen LogP contribution in [0, 0.1) is 0 Å². The number of benzene rings is 2. The van der Waals surface area contributed by atoms with Gasteiger partial charge < -0.3 is 19.1 Å². The van der Waals surface area contributed by atoms with Crippen molar-refractivity contribution in [3.05, 3.63) is 53.6 Å². The van der Waals surface area contributed by atoms with Crippen molar-refractivity contribution in [2.75, 3.05) is 32.3 Å². The Morgan fingerprint density at radius 2 is 1.93 bits per heavy atom. The summed E-state index contributed by atoms with van der Waals surface area (Å²) in [7, 11) is 3.15. The van der Waals surface area contributed by atoms with Crippen LogP contribution in [-0.2, 0) is 4.79 Å². The zero-order valence-corrected chi connectivity index (χ0v) is 15.5. The molecule has 6 heteroatoms. The average Bonchev–Trinajstić information content (AvgIpc) is 2.70. The Kier molecular flexibility index (Phi) is 5.45. The van der Waals surface area contributed by atoms with Gasteiger partial charge >= 0.3 is 0 Å². The van der Waals surface area contributed by atoms with Gasteiger partial charge in [-0.15, -0.1) is 0 Å². The SMILES string of the molecule is COc1ccc(OC)c(/C=C/C(=O)N2CCOc3ccc(C(C)=O)cc32)c1. The minimum absolute atomic E-state index is 0.0626. The number of ketones is 1. The van der Waals surface area contributed by atoms with Crippen molar-refractivity contribution in [3.63, 3.8) is 0 Å². The molecule has 1 aliphatic heterocycles. The summed E-state index contributed by atoms with van der Waals surface area (Å²) in [5.41, 5.74) is 1.87. The number of hydrogen-bond acceptors (Lipinski definition) is 5. The smallest absolute Gasteiger partial charge is 0.251 e. The molecule has 0 spiro atoms. The van der Waals surface area contributed by atoms with Gasteiger partial charge in [-0.2, -0.15) is 0 Å². The molecule has 0 radical (unpaired) electrons. The van der Waals surface area contributed by atoms with Gasteiger partial charge in [-0.05, 0) is 49.4 Å². The second-order valence-electron chi connectivity index (χ2n) is 6.02. The van der Waals surface area contributed by atoms with E-state index in [2.05, 4.69) is 0 Å². The highest BCUT2D eigenvalue weighted by molar-refractivity contribution is 6.06. The van der Waals surface area contributed by atoms with Gasteiger partial charge in [0.1, 0.15) is 23.9 Å². The Bertz CT molecular complexity index is 903. The van der Waals surface area contributed by atoms with E-state index in [4.69, 9.17) is 14.2 Å². The Labute approximate surface area is 158 Å². The van der Waals surface area contributed by atoms with Gasteiger partial charge in [0, 0.05) is 17.2 Å². The lowest BCUT2D eigenvalue weighted by molar-refractivity contribution is -0.114. The van der Waals surface area contributed by atoms with E-state index in [1.165, 1.54) is 13.0 Å². The van der Waals surface area contributed by atoms with Crippen LogP contribution in [0.25, 0.3) is 6.08 Å². The third-order valence-electron chi connectivity index (χ3n) is 4.34. The minimum Gasteiger partial charge on any atom is -0.497 e. The van der Waals surface area contributed by atoms with Crippen LogP contribution < -0.4 is 19.1 Å². The number of nitrogens with zero attached hydrogens (tertiary/aromatic N) is 1. The molecule has 140 valence electrons. The van der Waals surface area contributed by atoms with Gasteiger partial charge in [0.05, 0.1) is 26.5 Å². The molecule has 0 bridgehead atoms. The molecule has 0 unspecified atom stereocenters. The molecule has 0 fully saturated rings. The lowest BCUT2D eigenvalue weighted by atomic mass is 10.1. The molecule has 0 N–H and O–H groups in total. The van der Waals surface area contributed by atoms with Crippen molar-refractivity contribution in [3.8, 4) is 17.2 Å². The van der Waals surface area contributed by atoms with Crippen LogP contribution in [0.3, 0.4) is 0 Å². The summed E-state index contributed by atoms with van der Waals surface area (Å²) >= 11 is 0. The molecule has 1 heterocycles. The third kappa shape index (κ3) is 3.95. The molecule has 0 saturated heterocycles. The summed E-state index contributed by atoms with van der Waals surface area (Å²) < 4.78 is 16.2. The van der Waals surface area contributed by atoms with Gasteiger partial charge in [0.25, 0.3) is 5.91 Å². The number of amides is 1. The minimum atomic E-state index is -0.204. The van der Waals surface area contributed by atoms with Crippen molar-refractivity contribution >= 4 is 23.5 Å². The van der Waals surface area contributed by atoms with E-state index in [1.807, 2.05) is 0 Å². The molecule has 0 aliphatic carbocycles. The Hall–Kier alpha value is -3.28. The fraction of sp³-hybridized carbons (Fsp3) is 0.238. The normalized spacial score (nSPS) is 13.1. The van der Waals surface area contributed by atoms with Crippen LogP contribution in [0.2, 0.25) is 0 Å². The summed E-state index contributed by atoms with van der Waals surface area (Å²) in [6, 6.07) is 10.5. The first kappa shape index (κ1) is 18.5. The predicted molar refractivity (Wildman–Crippen MR) is 103 cm³/mol.